The van der Waals surface area contributed by atoms with Crippen molar-refractivity contribution in [1.82, 2.24) is 0 Å². The van der Waals surface area contributed by atoms with E-state index >= 15 is 0 Å². The second kappa shape index (κ2) is 4.03. The van der Waals surface area contributed by atoms with Gasteiger partial charge in [-0.2, -0.15) is 0 Å². The predicted molar refractivity (Wildman–Crippen MR) is 99.6 cm³/mol. The maximum absolute atomic E-state index is 7.68. The van der Waals surface area contributed by atoms with Gasteiger partial charge in [0.2, 0.25) is 0 Å². The van der Waals surface area contributed by atoms with Crippen molar-refractivity contribution in [3.05, 3.63) is 42.0 Å². The Morgan fingerprint density at radius 3 is 2.00 bits per heavy atom. The van der Waals surface area contributed by atoms with E-state index in [9.17, 15) is 0 Å². The van der Waals surface area contributed by atoms with Crippen LogP contribution in [-0.2, 0) is 6.16 Å². The summed E-state index contributed by atoms with van der Waals surface area (Å²) < 4.78 is 0. The molecule has 2 heteroatoms. The van der Waals surface area contributed by atoms with Gasteiger partial charge in [-0.05, 0) is 0 Å². The summed E-state index contributed by atoms with van der Waals surface area (Å²) in [5.41, 5.74) is 1.49. The van der Waals surface area contributed by atoms with E-state index in [-0.39, 0.29) is 10.3 Å². The summed E-state index contributed by atoms with van der Waals surface area (Å²) in [5, 5.41) is 4.41. The van der Waals surface area contributed by atoms with Crippen LogP contribution in [-0.4, -0.2) is 10.3 Å². The van der Waals surface area contributed by atoms with Crippen molar-refractivity contribution in [3.63, 3.8) is 0 Å². The van der Waals surface area contributed by atoms with E-state index in [1.807, 2.05) is 0 Å². The molecule has 0 bridgehead atoms. The van der Waals surface area contributed by atoms with Crippen LogP contribution in [0.25, 0.3) is 10.8 Å². The van der Waals surface area contributed by atoms with Crippen LogP contribution in [0, 0.1) is 0 Å². The van der Waals surface area contributed by atoms with Crippen LogP contribution in [0.1, 0.15) is 47.1 Å². The molecule has 0 nitrogen and oxygen atoms in total. The summed E-state index contributed by atoms with van der Waals surface area (Å²) in [7, 11) is 0. The molecule has 0 spiro atoms. The van der Waals surface area contributed by atoms with Crippen LogP contribution in [0.2, 0.25) is 0 Å². The molecular weight excluding hydrogens is 295 g/mol. The molecule has 21 heavy (non-hydrogen) atoms. The van der Waals surface area contributed by atoms with Crippen molar-refractivity contribution in [1.29, 1.82) is 0 Å². The van der Waals surface area contributed by atoms with Crippen molar-refractivity contribution >= 4 is 33.3 Å². The number of hydrogen-bond donors (Lipinski definition) is 0. The van der Waals surface area contributed by atoms with Crippen molar-refractivity contribution in [2.45, 2.75) is 58.0 Å². The fourth-order valence-corrected chi connectivity index (χ4v) is 11.6. The molecule has 3 rings (SSSR count). The van der Waals surface area contributed by atoms with E-state index < -0.39 is 5.96 Å². The molecule has 114 valence electrons. The summed E-state index contributed by atoms with van der Waals surface area (Å²) in [6.45, 7) is 14.0. The van der Waals surface area contributed by atoms with Gasteiger partial charge in [-0.3, -0.25) is 0 Å². The predicted octanol–water partition coefficient (Wildman–Crippen LogP) is 6.28. The first-order valence-electron chi connectivity index (χ1n) is 7.75. The van der Waals surface area contributed by atoms with Gasteiger partial charge in [-0.25, -0.2) is 0 Å². The average molecular weight is 321 g/mol. The molecule has 0 saturated heterocycles. The zero-order valence-corrected chi connectivity index (χ0v) is 15.6. The molecule has 0 aromatic heterocycles. The Morgan fingerprint density at radius 1 is 0.857 bits per heavy atom. The molecule has 0 amide bonds. The van der Waals surface area contributed by atoms with Gasteiger partial charge in [-0.1, -0.05) is 0 Å². The quantitative estimate of drug-likeness (QED) is 0.501. The standard InChI is InChI=1S/C19H26ClP/c1-18(2,3)21(20,19(4,5)6)13-16-15-10-8-7-9-14(15)11-12-17(16)21/h7-12H,13H2,1-6H3. The van der Waals surface area contributed by atoms with Crippen molar-refractivity contribution in [2.75, 3.05) is 0 Å². The first kappa shape index (κ1) is 15.3. The Labute approximate surface area is 133 Å². The zero-order chi connectivity index (χ0) is 15.7. The Kier molecular flexibility index (Phi) is 2.94. The van der Waals surface area contributed by atoms with Gasteiger partial charge in [0.15, 0.2) is 0 Å². The minimum absolute atomic E-state index is 0.112. The van der Waals surface area contributed by atoms with E-state index in [0.29, 0.717) is 0 Å². The average Bonchev–Trinajstić information content (AvgIpc) is 2.34. The maximum atomic E-state index is 7.68. The minimum atomic E-state index is -2.51. The third-order valence-electron chi connectivity index (χ3n) is 5.77. The second-order valence-corrected chi connectivity index (χ2v) is 16.6. The molecule has 0 atom stereocenters. The molecule has 0 aliphatic carbocycles. The van der Waals surface area contributed by atoms with E-state index in [1.165, 1.54) is 21.6 Å². The fraction of sp³-hybridized carbons (Fsp3) is 0.474. The number of halogens is 1. The van der Waals surface area contributed by atoms with Crippen LogP contribution in [0.5, 0.6) is 0 Å². The summed E-state index contributed by atoms with van der Waals surface area (Å²) >= 11 is 7.68. The summed E-state index contributed by atoms with van der Waals surface area (Å²) in [6, 6.07) is 13.3. The molecule has 0 radical (unpaired) electrons. The van der Waals surface area contributed by atoms with Gasteiger partial charge in [-0.15, -0.1) is 0 Å². The topological polar surface area (TPSA) is 0 Å². The van der Waals surface area contributed by atoms with E-state index in [4.69, 9.17) is 11.2 Å². The van der Waals surface area contributed by atoms with Crippen LogP contribution < -0.4 is 5.30 Å². The third-order valence-corrected chi connectivity index (χ3v) is 17.6. The van der Waals surface area contributed by atoms with Crippen LogP contribution in [0.3, 0.4) is 0 Å². The number of hydrogen-bond acceptors (Lipinski definition) is 0. The molecule has 0 fully saturated rings. The second-order valence-electron chi connectivity index (χ2n) is 8.47. The van der Waals surface area contributed by atoms with Crippen LogP contribution in [0.4, 0.5) is 0 Å². The van der Waals surface area contributed by atoms with Crippen molar-refractivity contribution < 1.29 is 0 Å². The normalized spacial score (nSPS) is 22.0. The molecule has 1 aliphatic rings. The van der Waals surface area contributed by atoms with Gasteiger partial charge in [0.1, 0.15) is 0 Å². The summed E-state index contributed by atoms with van der Waals surface area (Å²) in [5.74, 6) is -2.51. The Bertz CT molecular complexity index is 717. The van der Waals surface area contributed by atoms with Crippen LogP contribution >= 0.6 is 17.2 Å². The van der Waals surface area contributed by atoms with E-state index in [1.54, 1.807) is 0 Å². The van der Waals surface area contributed by atoms with Gasteiger partial charge < -0.3 is 0 Å². The molecular formula is C19H26ClP. The van der Waals surface area contributed by atoms with Gasteiger partial charge in [0.25, 0.3) is 0 Å². The fourth-order valence-electron chi connectivity index (χ4n) is 4.42. The molecule has 0 N–H and O–H groups in total. The van der Waals surface area contributed by atoms with Gasteiger partial charge in [0.05, 0.1) is 0 Å². The molecule has 2 aromatic rings. The monoisotopic (exact) mass is 320 g/mol. The molecule has 0 unspecified atom stereocenters. The van der Waals surface area contributed by atoms with Crippen molar-refractivity contribution in [3.8, 4) is 0 Å². The molecule has 1 heterocycles. The number of benzene rings is 2. The Hall–Kier alpha value is -0.580. The van der Waals surface area contributed by atoms with E-state index in [0.717, 1.165) is 6.16 Å². The van der Waals surface area contributed by atoms with Gasteiger partial charge in [0, 0.05) is 0 Å². The first-order valence-corrected chi connectivity index (χ1v) is 11.1. The molecule has 1 aliphatic heterocycles. The molecule has 2 aromatic carbocycles. The molecule has 0 saturated carbocycles. The van der Waals surface area contributed by atoms with E-state index in [2.05, 4.69) is 77.9 Å². The third kappa shape index (κ3) is 1.56. The first-order chi connectivity index (χ1) is 9.51. The Balaban J connectivity index is 2.38. The summed E-state index contributed by atoms with van der Waals surface area (Å²) in [6.07, 6.45) is 1.07. The Morgan fingerprint density at radius 2 is 1.43 bits per heavy atom. The van der Waals surface area contributed by atoms with Crippen LogP contribution in [0.15, 0.2) is 36.4 Å². The summed E-state index contributed by atoms with van der Waals surface area (Å²) in [4.78, 5) is 0. The zero-order valence-electron chi connectivity index (χ0n) is 14.0. The number of fused-ring (bicyclic) bond motifs is 3. The SMILES string of the molecule is CC(C)(C)P1(Cl)(C(C)(C)C)Cc2c1ccc1ccccc21. The number of rotatable bonds is 0. The van der Waals surface area contributed by atoms with Crippen molar-refractivity contribution in [2.24, 2.45) is 0 Å². The van der Waals surface area contributed by atoms with Gasteiger partial charge >= 0.3 is 133 Å².